The summed E-state index contributed by atoms with van der Waals surface area (Å²) in [6.07, 6.45) is 17.2. The van der Waals surface area contributed by atoms with Crippen LogP contribution in [0.4, 0.5) is 0 Å². The first kappa shape index (κ1) is 50.0. The Morgan fingerprint density at radius 1 is 0.338 bits per heavy atom. The molecule has 0 saturated heterocycles. The largest absolute Gasteiger partial charge is 3.00 e. The number of hydrogen-bond donors (Lipinski definition) is 0. The summed E-state index contributed by atoms with van der Waals surface area (Å²) in [6.45, 7) is 0. The van der Waals surface area contributed by atoms with Gasteiger partial charge in [0.15, 0.2) is 0 Å². The molecule has 2 fully saturated rings. The Labute approximate surface area is 467 Å². The Hall–Kier alpha value is -7.88. The maximum atomic E-state index is 4.86. The number of benzene rings is 8. The molecule has 0 aliphatic heterocycles. The first-order valence-corrected chi connectivity index (χ1v) is 27.2. The molecule has 3 nitrogen and oxygen atoms in total. The molecule has 0 unspecified atom stereocenters. The monoisotopic (exact) mass is 1170 g/mol. The van der Waals surface area contributed by atoms with Crippen LogP contribution in [-0.2, 0) is 43.8 Å². The quantitative estimate of drug-likeness (QED) is 0.108. The van der Waals surface area contributed by atoms with Gasteiger partial charge in [-0.1, -0.05) is 190 Å². The molecule has 77 heavy (non-hydrogen) atoms. The normalized spacial score (nSPS) is 14.5. The minimum atomic E-state index is 0. The van der Waals surface area contributed by atoms with E-state index in [9.17, 15) is 0 Å². The molecule has 3 heterocycles. The minimum Gasteiger partial charge on any atom is -0.305 e. The number of fused-ring (bicyclic) bond motifs is 1. The van der Waals surface area contributed by atoms with Crippen LogP contribution < -0.4 is 0 Å². The Bertz CT molecular complexity index is 3660. The van der Waals surface area contributed by atoms with Crippen molar-refractivity contribution in [3.05, 3.63) is 271 Å². The number of hydrogen-bond acceptors (Lipinski definition) is 3. The number of pyridine rings is 3. The maximum Gasteiger partial charge on any atom is 3.00 e. The van der Waals surface area contributed by atoms with Gasteiger partial charge in [0.25, 0.3) is 0 Å². The van der Waals surface area contributed by atoms with Crippen molar-refractivity contribution in [2.45, 2.75) is 75.0 Å². The van der Waals surface area contributed by atoms with E-state index in [0.717, 1.165) is 57.7 Å². The zero-order chi connectivity index (χ0) is 50.7. The zero-order valence-electron chi connectivity index (χ0n) is 43.2. The molecule has 0 bridgehead atoms. The summed E-state index contributed by atoms with van der Waals surface area (Å²) >= 11 is 0. The fourth-order valence-electron chi connectivity index (χ4n) is 12.7. The molecule has 0 spiro atoms. The summed E-state index contributed by atoms with van der Waals surface area (Å²) in [5.74, 6) is 0. The van der Waals surface area contributed by atoms with Crippen LogP contribution in [0.5, 0.6) is 0 Å². The summed E-state index contributed by atoms with van der Waals surface area (Å²) in [6, 6.07) is 88.4. The fraction of sp³-hybridized carbons (Fsp3) is 0.164. The van der Waals surface area contributed by atoms with Crippen LogP contribution in [0.3, 0.4) is 0 Å². The molecule has 374 valence electrons. The van der Waals surface area contributed by atoms with Crippen molar-refractivity contribution in [3.63, 3.8) is 0 Å². The number of nitrogens with zero attached hydrogens (tertiary/aromatic N) is 3. The SMILES string of the molecule is [Ir+3].[c-]1cc(C2(Cc3cc(CC4(c5c[c-]c(-c6ccccn6)cc5)CCCC4)cc(-c4ccccc4-c4c[c-]c(-c5cc(-c6ccc7cc(-c8ccccc8)ccc7c6)ccn5)cc4)c3)CCCC2)ccc1-c1ccccn1. The number of rotatable bonds is 13. The first-order chi connectivity index (χ1) is 37.5. The molecule has 13 rings (SSSR count). The number of aromatic nitrogens is 3. The van der Waals surface area contributed by atoms with Gasteiger partial charge >= 0.3 is 20.1 Å². The van der Waals surface area contributed by atoms with Crippen LogP contribution in [0.1, 0.15) is 73.6 Å². The topological polar surface area (TPSA) is 38.7 Å². The summed E-state index contributed by atoms with van der Waals surface area (Å²) in [5.41, 5.74) is 21.1. The summed E-state index contributed by atoms with van der Waals surface area (Å²) in [4.78, 5) is 14.1. The average Bonchev–Trinajstić information content (AvgIpc) is 4.21. The molecule has 11 aromatic rings. The molecular weight excluding hydrogens is 1110 g/mol. The van der Waals surface area contributed by atoms with E-state index in [1.54, 1.807) is 0 Å². The van der Waals surface area contributed by atoms with E-state index in [1.807, 2.05) is 30.7 Å². The van der Waals surface area contributed by atoms with Gasteiger partial charge in [0.1, 0.15) is 0 Å². The van der Waals surface area contributed by atoms with Crippen molar-refractivity contribution in [2.75, 3.05) is 0 Å². The predicted molar refractivity (Wildman–Crippen MR) is 312 cm³/mol. The molecule has 0 radical (unpaired) electrons. The molecule has 2 aliphatic rings. The third-order valence-corrected chi connectivity index (χ3v) is 16.7. The second-order valence-corrected chi connectivity index (χ2v) is 21.4. The van der Waals surface area contributed by atoms with Crippen molar-refractivity contribution >= 4 is 10.8 Å². The van der Waals surface area contributed by atoms with E-state index >= 15 is 0 Å². The summed E-state index contributed by atoms with van der Waals surface area (Å²) in [5, 5.41) is 2.44. The Morgan fingerprint density at radius 3 is 1.32 bits per heavy atom. The third-order valence-electron chi connectivity index (χ3n) is 16.7. The van der Waals surface area contributed by atoms with Gasteiger partial charge < -0.3 is 15.0 Å². The Morgan fingerprint density at radius 2 is 0.805 bits per heavy atom. The van der Waals surface area contributed by atoms with Crippen LogP contribution in [0.15, 0.2) is 231 Å². The van der Waals surface area contributed by atoms with Crippen LogP contribution in [0, 0.1) is 18.2 Å². The van der Waals surface area contributed by atoms with Gasteiger partial charge in [0.05, 0.1) is 0 Å². The fourth-order valence-corrected chi connectivity index (χ4v) is 12.7. The van der Waals surface area contributed by atoms with Crippen molar-refractivity contribution in [1.29, 1.82) is 0 Å². The standard InChI is InChI=1S/C73H58N3.Ir/c1-2-14-54(15-3-1)59-24-25-61-48-62(27-26-60(61)47-59)63-36-43-76-71(49-63)58-22-20-55(21-23-58)67-16-4-5-17-68(67)64-45-52(50-72(37-8-9-38-72)65-32-28-56(29-33-65)69-18-6-12-41-74-69)44-53(46-64)51-73(39-10-11-40-73)66-34-30-57(31-35-66)70-19-7-13-42-75-70;/h1-7,12-22,24-28,30,32-36,41-49H,8-11,37-40,50-51H2;/q-3;+3. The summed E-state index contributed by atoms with van der Waals surface area (Å²) in [7, 11) is 0. The van der Waals surface area contributed by atoms with E-state index in [-0.39, 0.29) is 30.9 Å². The maximum absolute atomic E-state index is 4.86. The second-order valence-electron chi connectivity index (χ2n) is 21.4. The van der Waals surface area contributed by atoms with Crippen LogP contribution in [-0.4, -0.2) is 15.0 Å². The minimum absolute atomic E-state index is 0. The van der Waals surface area contributed by atoms with E-state index < -0.39 is 0 Å². The van der Waals surface area contributed by atoms with Gasteiger partial charge in [-0.15, -0.1) is 101 Å². The molecule has 2 aliphatic carbocycles. The van der Waals surface area contributed by atoms with Crippen LogP contribution in [0.2, 0.25) is 0 Å². The van der Waals surface area contributed by atoms with E-state index in [4.69, 9.17) is 4.98 Å². The van der Waals surface area contributed by atoms with Crippen molar-refractivity contribution < 1.29 is 20.1 Å². The molecule has 0 atom stereocenters. The van der Waals surface area contributed by atoms with Gasteiger partial charge in [-0.05, 0) is 126 Å². The van der Waals surface area contributed by atoms with E-state index in [2.05, 4.69) is 228 Å². The zero-order valence-corrected chi connectivity index (χ0v) is 45.6. The molecular formula is C73H58IrN3. The van der Waals surface area contributed by atoms with Gasteiger partial charge in [0, 0.05) is 18.6 Å². The van der Waals surface area contributed by atoms with Gasteiger partial charge in [-0.2, -0.15) is 0 Å². The van der Waals surface area contributed by atoms with Crippen molar-refractivity contribution in [1.82, 2.24) is 15.0 Å². The molecule has 3 aromatic heterocycles. The Kier molecular flexibility index (Phi) is 14.3. The molecule has 8 aromatic carbocycles. The van der Waals surface area contributed by atoms with E-state index in [0.29, 0.717) is 0 Å². The molecule has 4 heteroatoms. The van der Waals surface area contributed by atoms with Gasteiger partial charge in [-0.25, -0.2) is 0 Å². The predicted octanol–water partition coefficient (Wildman–Crippen LogP) is 18.2. The molecule has 0 amide bonds. The third kappa shape index (κ3) is 10.4. The summed E-state index contributed by atoms with van der Waals surface area (Å²) < 4.78 is 0. The molecule has 2 saturated carbocycles. The van der Waals surface area contributed by atoms with Crippen molar-refractivity contribution in [2.24, 2.45) is 0 Å². The smallest absolute Gasteiger partial charge is 0.305 e. The van der Waals surface area contributed by atoms with Crippen LogP contribution >= 0.6 is 0 Å². The first-order valence-electron chi connectivity index (χ1n) is 27.2. The van der Waals surface area contributed by atoms with E-state index in [1.165, 1.54) is 118 Å². The molecule has 0 N–H and O–H groups in total. The van der Waals surface area contributed by atoms with Gasteiger partial charge in [-0.3, -0.25) is 0 Å². The average molecular weight is 1170 g/mol. The second kappa shape index (κ2) is 22.0. The van der Waals surface area contributed by atoms with Gasteiger partial charge in [0.2, 0.25) is 0 Å². The Balaban J connectivity index is 0.00000596. The van der Waals surface area contributed by atoms with Crippen molar-refractivity contribution in [3.8, 4) is 78.3 Å². The van der Waals surface area contributed by atoms with Crippen LogP contribution in [0.25, 0.3) is 89.1 Å².